The van der Waals surface area contributed by atoms with Gasteiger partial charge in [0.2, 0.25) is 11.8 Å². The average Bonchev–Trinajstić information content (AvgIpc) is 3.09. The maximum atomic E-state index is 12.2. The SMILES string of the molecule is CC(C)CC(=O)N1CCC(NC(=O)[C@@H](C)NC(=O)c2ccoc2)CC1. The second-order valence-corrected chi connectivity index (χ2v) is 6.97. The summed E-state index contributed by atoms with van der Waals surface area (Å²) in [4.78, 5) is 38.1. The van der Waals surface area contributed by atoms with E-state index in [0.29, 0.717) is 31.0 Å². The molecule has 2 rings (SSSR count). The number of hydrogen-bond donors (Lipinski definition) is 2. The lowest BCUT2D eigenvalue weighted by atomic mass is 10.0. The molecule has 0 radical (unpaired) electrons. The van der Waals surface area contributed by atoms with Crippen LogP contribution in [0.3, 0.4) is 0 Å². The normalized spacial score (nSPS) is 16.6. The molecule has 138 valence electrons. The van der Waals surface area contributed by atoms with Crippen LogP contribution in [-0.4, -0.2) is 47.8 Å². The lowest BCUT2D eigenvalue weighted by Crippen LogP contribution is -2.51. The minimum atomic E-state index is -0.636. The van der Waals surface area contributed by atoms with Crippen LogP contribution < -0.4 is 10.6 Å². The van der Waals surface area contributed by atoms with Crippen LogP contribution in [0.25, 0.3) is 0 Å². The highest BCUT2D eigenvalue weighted by atomic mass is 16.3. The van der Waals surface area contributed by atoms with Gasteiger partial charge >= 0.3 is 0 Å². The molecule has 0 spiro atoms. The van der Waals surface area contributed by atoms with E-state index in [-0.39, 0.29) is 23.8 Å². The summed E-state index contributed by atoms with van der Waals surface area (Å²) in [5, 5.41) is 5.60. The molecule has 0 aliphatic carbocycles. The van der Waals surface area contributed by atoms with Crippen LogP contribution in [0.2, 0.25) is 0 Å². The van der Waals surface area contributed by atoms with Crippen molar-refractivity contribution < 1.29 is 18.8 Å². The van der Waals surface area contributed by atoms with Crippen LogP contribution in [0.15, 0.2) is 23.0 Å². The topological polar surface area (TPSA) is 91.7 Å². The minimum absolute atomic E-state index is 0.0314. The molecule has 0 bridgehead atoms. The third-order valence-corrected chi connectivity index (χ3v) is 4.30. The Labute approximate surface area is 148 Å². The minimum Gasteiger partial charge on any atom is -0.472 e. The molecule has 1 aromatic rings. The summed E-state index contributed by atoms with van der Waals surface area (Å²) in [6.45, 7) is 7.03. The molecule has 0 aromatic carbocycles. The van der Waals surface area contributed by atoms with Crippen molar-refractivity contribution in [3.05, 3.63) is 24.2 Å². The summed E-state index contributed by atoms with van der Waals surface area (Å²) < 4.78 is 4.86. The summed E-state index contributed by atoms with van der Waals surface area (Å²) in [5.41, 5.74) is 0.386. The predicted molar refractivity (Wildman–Crippen MR) is 92.8 cm³/mol. The number of carbonyl (C=O) groups excluding carboxylic acids is 3. The highest BCUT2D eigenvalue weighted by Gasteiger charge is 2.26. The second kappa shape index (κ2) is 8.69. The van der Waals surface area contributed by atoms with Gasteiger partial charge in [-0.25, -0.2) is 0 Å². The van der Waals surface area contributed by atoms with E-state index in [9.17, 15) is 14.4 Å². The van der Waals surface area contributed by atoms with Crippen molar-refractivity contribution in [3.63, 3.8) is 0 Å². The van der Waals surface area contributed by atoms with Gasteiger partial charge in [-0.1, -0.05) is 13.8 Å². The summed E-state index contributed by atoms with van der Waals surface area (Å²) in [6.07, 6.45) is 4.78. The van der Waals surface area contributed by atoms with Gasteiger partial charge in [0.15, 0.2) is 0 Å². The summed E-state index contributed by atoms with van der Waals surface area (Å²) in [6, 6.07) is 0.941. The van der Waals surface area contributed by atoms with Crippen molar-refractivity contribution >= 4 is 17.7 Å². The van der Waals surface area contributed by atoms with Gasteiger partial charge in [0.1, 0.15) is 12.3 Å². The van der Waals surface area contributed by atoms with E-state index in [1.807, 2.05) is 18.7 Å². The largest absolute Gasteiger partial charge is 0.472 e. The van der Waals surface area contributed by atoms with E-state index in [0.717, 1.165) is 12.8 Å². The Bertz CT molecular complexity index is 589. The van der Waals surface area contributed by atoms with Crippen molar-refractivity contribution in [1.29, 1.82) is 0 Å². The monoisotopic (exact) mass is 349 g/mol. The maximum absolute atomic E-state index is 12.2. The van der Waals surface area contributed by atoms with Crippen molar-refractivity contribution in [3.8, 4) is 0 Å². The number of likely N-dealkylation sites (tertiary alicyclic amines) is 1. The van der Waals surface area contributed by atoms with E-state index < -0.39 is 6.04 Å². The first-order valence-electron chi connectivity index (χ1n) is 8.78. The molecule has 2 N–H and O–H groups in total. The van der Waals surface area contributed by atoms with Gasteiger partial charge < -0.3 is 20.0 Å². The summed E-state index contributed by atoms with van der Waals surface area (Å²) in [7, 11) is 0. The molecule has 7 heteroatoms. The Morgan fingerprint density at radius 3 is 2.48 bits per heavy atom. The molecule has 1 atom stereocenters. The van der Waals surface area contributed by atoms with Crippen molar-refractivity contribution in [2.24, 2.45) is 5.92 Å². The molecule has 0 saturated carbocycles. The van der Waals surface area contributed by atoms with Gasteiger partial charge in [-0.15, -0.1) is 0 Å². The number of amides is 3. The summed E-state index contributed by atoms with van der Waals surface area (Å²) in [5.74, 6) is -0.0283. The third kappa shape index (κ3) is 5.62. The first kappa shape index (κ1) is 19.0. The van der Waals surface area contributed by atoms with E-state index in [4.69, 9.17) is 4.42 Å². The molecule has 1 fully saturated rings. The molecule has 1 aromatic heterocycles. The second-order valence-electron chi connectivity index (χ2n) is 6.97. The smallest absolute Gasteiger partial charge is 0.255 e. The molecule has 25 heavy (non-hydrogen) atoms. The van der Waals surface area contributed by atoms with E-state index in [1.165, 1.54) is 12.5 Å². The van der Waals surface area contributed by atoms with Gasteiger partial charge in [0.25, 0.3) is 5.91 Å². The van der Waals surface area contributed by atoms with Crippen LogP contribution >= 0.6 is 0 Å². The van der Waals surface area contributed by atoms with Crippen LogP contribution in [0, 0.1) is 5.92 Å². The fraction of sp³-hybridized carbons (Fsp3) is 0.611. The Hall–Kier alpha value is -2.31. The molecule has 0 unspecified atom stereocenters. The first-order chi connectivity index (χ1) is 11.9. The van der Waals surface area contributed by atoms with Gasteiger partial charge in [-0.2, -0.15) is 0 Å². The standard InChI is InChI=1S/C18H27N3O4/c1-12(2)10-16(22)21-7-4-15(5-8-21)20-17(23)13(3)19-18(24)14-6-9-25-11-14/h6,9,11-13,15H,4-5,7-8,10H2,1-3H3,(H,19,24)(H,20,23)/t13-/m1/s1. The lowest BCUT2D eigenvalue weighted by molar-refractivity contribution is -0.133. The number of nitrogens with one attached hydrogen (secondary N) is 2. The quantitative estimate of drug-likeness (QED) is 0.815. The lowest BCUT2D eigenvalue weighted by Gasteiger charge is -2.33. The van der Waals surface area contributed by atoms with Crippen LogP contribution in [0.5, 0.6) is 0 Å². The molecule has 3 amide bonds. The molecule has 1 saturated heterocycles. The van der Waals surface area contributed by atoms with Crippen molar-refractivity contribution in [2.45, 2.75) is 52.1 Å². The Morgan fingerprint density at radius 1 is 1.24 bits per heavy atom. The maximum Gasteiger partial charge on any atom is 0.255 e. The van der Waals surface area contributed by atoms with E-state index in [1.54, 1.807) is 13.0 Å². The Kier molecular flexibility index (Phi) is 6.61. The predicted octanol–water partition coefficient (Wildman–Crippen LogP) is 1.55. The highest BCUT2D eigenvalue weighted by Crippen LogP contribution is 2.13. The summed E-state index contributed by atoms with van der Waals surface area (Å²) >= 11 is 0. The van der Waals surface area contributed by atoms with Crippen LogP contribution in [-0.2, 0) is 9.59 Å². The number of piperidine rings is 1. The first-order valence-corrected chi connectivity index (χ1v) is 8.78. The zero-order chi connectivity index (χ0) is 18.4. The molecular formula is C18H27N3O4. The highest BCUT2D eigenvalue weighted by molar-refractivity contribution is 5.97. The number of furan rings is 1. The average molecular weight is 349 g/mol. The Balaban J connectivity index is 1.74. The fourth-order valence-corrected chi connectivity index (χ4v) is 2.82. The zero-order valence-corrected chi connectivity index (χ0v) is 15.1. The zero-order valence-electron chi connectivity index (χ0n) is 15.1. The van der Waals surface area contributed by atoms with Crippen LogP contribution in [0.4, 0.5) is 0 Å². The van der Waals surface area contributed by atoms with Gasteiger partial charge in [0, 0.05) is 25.6 Å². The van der Waals surface area contributed by atoms with Gasteiger partial charge in [-0.3, -0.25) is 14.4 Å². The number of rotatable bonds is 6. The van der Waals surface area contributed by atoms with E-state index in [2.05, 4.69) is 10.6 Å². The molecule has 7 nitrogen and oxygen atoms in total. The fourth-order valence-electron chi connectivity index (χ4n) is 2.82. The number of hydrogen-bond acceptors (Lipinski definition) is 4. The molecule has 1 aliphatic rings. The van der Waals surface area contributed by atoms with E-state index >= 15 is 0 Å². The van der Waals surface area contributed by atoms with Crippen molar-refractivity contribution in [1.82, 2.24) is 15.5 Å². The van der Waals surface area contributed by atoms with Crippen LogP contribution in [0.1, 0.15) is 50.4 Å². The molecular weight excluding hydrogens is 322 g/mol. The molecule has 1 aliphatic heterocycles. The van der Waals surface area contributed by atoms with Gasteiger partial charge in [-0.05, 0) is 31.7 Å². The third-order valence-electron chi connectivity index (χ3n) is 4.30. The van der Waals surface area contributed by atoms with Gasteiger partial charge in [0.05, 0.1) is 11.8 Å². The Morgan fingerprint density at radius 2 is 1.92 bits per heavy atom. The number of nitrogens with zero attached hydrogens (tertiary/aromatic N) is 1. The number of carbonyl (C=O) groups is 3. The van der Waals surface area contributed by atoms with Crippen molar-refractivity contribution in [2.75, 3.05) is 13.1 Å². The molecule has 2 heterocycles.